The Morgan fingerprint density at radius 3 is 2.46 bits per heavy atom. The molecule has 0 unspecified atom stereocenters. The van der Waals surface area contributed by atoms with E-state index in [1.54, 1.807) is 18.2 Å². The van der Waals surface area contributed by atoms with Crippen molar-refractivity contribution in [1.82, 2.24) is 0 Å². The lowest BCUT2D eigenvalue weighted by Crippen LogP contribution is -2.25. The van der Waals surface area contributed by atoms with Gasteiger partial charge in [0.1, 0.15) is 0 Å². The Hall–Kier alpha value is -2.58. The molecule has 0 bridgehead atoms. The largest absolute Gasteiger partial charge is 0.481 e. The molecule has 0 saturated carbocycles. The molecule has 0 aromatic heterocycles. The molecule has 1 saturated heterocycles. The molecule has 1 aliphatic heterocycles. The van der Waals surface area contributed by atoms with E-state index in [2.05, 4.69) is 4.72 Å². The van der Waals surface area contributed by atoms with Crippen LogP contribution in [0.25, 0.3) is 0 Å². The quantitative estimate of drug-likeness (QED) is 0.811. The number of carbonyl (C=O) groups is 2. The summed E-state index contributed by atoms with van der Waals surface area (Å²) in [6, 6.07) is 12.0. The van der Waals surface area contributed by atoms with Crippen LogP contribution in [-0.4, -0.2) is 31.9 Å². The summed E-state index contributed by atoms with van der Waals surface area (Å²) in [7, 11) is -3.81. The van der Waals surface area contributed by atoms with E-state index in [9.17, 15) is 18.0 Å². The zero-order valence-corrected chi connectivity index (χ0v) is 15.0. The average Bonchev–Trinajstić information content (AvgIpc) is 2.97. The number of nitrogens with one attached hydrogen (secondary N) is 1. The maximum Gasteiger partial charge on any atom is 0.308 e. The van der Waals surface area contributed by atoms with E-state index in [1.165, 1.54) is 35.2 Å². The van der Waals surface area contributed by atoms with Crippen LogP contribution in [-0.2, 0) is 19.6 Å². The van der Waals surface area contributed by atoms with E-state index >= 15 is 0 Å². The van der Waals surface area contributed by atoms with Gasteiger partial charge >= 0.3 is 5.97 Å². The number of benzene rings is 2. The van der Waals surface area contributed by atoms with Crippen molar-refractivity contribution in [2.45, 2.75) is 11.3 Å². The molecule has 1 heterocycles. The van der Waals surface area contributed by atoms with Crippen LogP contribution >= 0.6 is 11.6 Å². The van der Waals surface area contributed by atoms with Gasteiger partial charge in [-0.15, -0.1) is 0 Å². The summed E-state index contributed by atoms with van der Waals surface area (Å²) < 4.78 is 27.3. The van der Waals surface area contributed by atoms with Crippen LogP contribution in [0.2, 0.25) is 5.02 Å². The lowest BCUT2D eigenvalue weighted by Gasteiger charge is -2.16. The SMILES string of the molecule is O=C(O)[C@@H]1CC(=O)N(c2ccc(S(=O)(=O)Nc3cccc(Cl)c3)cc2)C1. The van der Waals surface area contributed by atoms with Crippen LogP contribution in [0.15, 0.2) is 53.4 Å². The molecule has 26 heavy (non-hydrogen) atoms. The fourth-order valence-corrected chi connectivity index (χ4v) is 3.93. The number of anilines is 2. The standard InChI is InChI=1S/C17H15ClN2O5S/c18-12-2-1-3-13(9-12)19-26(24,25)15-6-4-14(5-7-15)20-10-11(17(22)23)8-16(20)21/h1-7,9,11,19H,8,10H2,(H,22,23)/t11-/m1/s1. The van der Waals surface area contributed by atoms with Crippen molar-refractivity contribution in [3.8, 4) is 0 Å². The van der Waals surface area contributed by atoms with Gasteiger partial charge in [-0.05, 0) is 42.5 Å². The van der Waals surface area contributed by atoms with E-state index in [-0.39, 0.29) is 23.8 Å². The number of rotatable bonds is 5. The Kier molecular flexibility index (Phi) is 4.88. The van der Waals surface area contributed by atoms with Crippen LogP contribution in [0.1, 0.15) is 6.42 Å². The second-order valence-corrected chi connectivity index (χ2v) is 7.97. The minimum atomic E-state index is -3.81. The Morgan fingerprint density at radius 1 is 1.19 bits per heavy atom. The molecule has 1 amide bonds. The van der Waals surface area contributed by atoms with Gasteiger partial charge in [0.05, 0.1) is 16.5 Å². The lowest BCUT2D eigenvalue weighted by atomic mass is 10.1. The average molecular weight is 395 g/mol. The number of amides is 1. The molecule has 0 spiro atoms. The highest BCUT2D eigenvalue weighted by atomic mass is 35.5. The minimum Gasteiger partial charge on any atom is -0.481 e. The number of carbonyl (C=O) groups excluding carboxylic acids is 1. The summed E-state index contributed by atoms with van der Waals surface area (Å²) in [4.78, 5) is 24.4. The first kappa shape index (κ1) is 18.2. The van der Waals surface area contributed by atoms with Crippen LogP contribution < -0.4 is 9.62 Å². The Labute approximate surface area is 155 Å². The molecule has 2 aromatic rings. The van der Waals surface area contributed by atoms with Crippen molar-refractivity contribution in [3.63, 3.8) is 0 Å². The number of nitrogens with zero attached hydrogens (tertiary/aromatic N) is 1. The molecule has 0 aliphatic carbocycles. The second-order valence-electron chi connectivity index (χ2n) is 5.85. The summed E-state index contributed by atoms with van der Waals surface area (Å²) in [5, 5.41) is 9.43. The molecule has 7 nitrogen and oxygen atoms in total. The highest BCUT2D eigenvalue weighted by molar-refractivity contribution is 7.92. The van der Waals surface area contributed by atoms with E-state index in [0.717, 1.165) is 0 Å². The Balaban J connectivity index is 1.79. The smallest absolute Gasteiger partial charge is 0.308 e. The Bertz CT molecular complexity index is 959. The normalized spacial score (nSPS) is 17.3. The Morgan fingerprint density at radius 2 is 1.88 bits per heavy atom. The molecule has 136 valence electrons. The van der Waals surface area contributed by atoms with Gasteiger partial charge in [-0.1, -0.05) is 17.7 Å². The van der Waals surface area contributed by atoms with Crippen molar-refractivity contribution in [2.24, 2.45) is 5.92 Å². The summed E-state index contributed by atoms with van der Waals surface area (Å²) in [6.07, 6.45) is -0.0638. The van der Waals surface area contributed by atoms with Gasteiger partial charge in [-0.2, -0.15) is 0 Å². The van der Waals surface area contributed by atoms with Gasteiger partial charge in [0.15, 0.2) is 0 Å². The number of hydrogen-bond acceptors (Lipinski definition) is 4. The summed E-state index contributed by atoms with van der Waals surface area (Å²) in [5.41, 5.74) is 0.793. The van der Waals surface area contributed by atoms with E-state index in [1.807, 2.05) is 0 Å². The molecular weight excluding hydrogens is 380 g/mol. The lowest BCUT2D eigenvalue weighted by molar-refractivity contribution is -0.141. The second kappa shape index (κ2) is 6.97. The van der Waals surface area contributed by atoms with Crippen LogP contribution in [0.3, 0.4) is 0 Å². The molecular formula is C17H15ClN2O5S. The molecule has 1 fully saturated rings. The number of carboxylic acid groups (broad SMARTS) is 1. The van der Waals surface area contributed by atoms with Gasteiger partial charge in [0.25, 0.3) is 10.0 Å². The van der Waals surface area contributed by atoms with Crippen molar-refractivity contribution in [3.05, 3.63) is 53.6 Å². The zero-order valence-electron chi connectivity index (χ0n) is 13.4. The maximum atomic E-state index is 12.4. The van der Waals surface area contributed by atoms with E-state index in [0.29, 0.717) is 16.4 Å². The molecule has 0 radical (unpaired) electrons. The predicted molar refractivity (Wildman–Crippen MR) is 96.8 cm³/mol. The van der Waals surface area contributed by atoms with Crippen molar-refractivity contribution in [2.75, 3.05) is 16.2 Å². The summed E-state index contributed by atoms with van der Waals surface area (Å²) >= 11 is 5.85. The molecule has 2 aromatic carbocycles. The van der Waals surface area contributed by atoms with E-state index < -0.39 is 21.9 Å². The van der Waals surface area contributed by atoms with Crippen LogP contribution in [0.5, 0.6) is 0 Å². The van der Waals surface area contributed by atoms with Crippen LogP contribution in [0.4, 0.5) is 11.4 Å². The molecule has 1 aliphatic rings. The fourth-order valence-electron chi connectivity index (χ4n) is 2.69. The molecule has 9 heteroatoms. The van der Waals surface area contributed by atoms with Crippen molar-refractivity contribution >= 4 is 44.9 Å². The summed E-state index contributed by atoms with van der Waals surface area (Å²) in [5.74, 6) is -2.08. The van der Waals surface area contributed by atoms with Crippen molar-refractivity contribution < 1.29 is 23.1 Å². The highest BCUT2D eigenvalue weighted by Crippen LogP contribution is 2.27. The number of carboxylic acids is 1. The number of aliphatic carboxylic acids is 1. The van der Waals surface area contributed by atoms with Gasteiger partial charge in [0, 0.05) is 23.7 Å². The third kappa shape index (κ3) is 3.81. The van der Waals surface area contributed by atoms with Crippen LogP contribution in [0, 0.1) is 5.92 Å². The fraction of sp³-hybridized carbons (Fsp3) is 0.176. The van der Waals surface area contributed by atoms with Gasteiger partial charge < -0.3 is 10.0 Å². The topological polar surface area (TPSA) is 104 Å². The zero-order chi connectivity index (χ0) is 18.9. The number of hydrogen-bond donors (Lipinski definition) is 2. The molecule has 1 atom stereocenters. The number of sulfonamides is 1. The van der Waals surface area contributed by atoms with Gasteiger partial charge in [-0.25, -0.2) is 8.42 Å². The monoisotopic (exact) mass is 394 g/mol. The third-order valence-corrected chi connectivity index (χ3v) is 5.64. The predicted octanol–water partition coefficient (Wildman–Crippen LogP) is 2.58. The van der Waals surface area contributed by atoms with E-state index in [4.69, 9.17) is 16.7 Å². The van der Waals surface area contributed by atoms with Crippen molar-refractivity contribution in [1.29, 1.82) is 0 Å². The van der Waals surface area contributed by atoms with Gasteiger partial charge in [-0.3, -0.25) is 14.3 Å². The minimum absolute atomic E-state index is 0.0163. The first-order valence-electron chi connectivity index (χ1n) is 7.68. The number of halogens is 1. The third-order valence-electron chi connectivity index (χ3n) is 4.01. The maximum absolute atomic E-state index is 12.4. The molecule has 3 rings (SSSR count). The van der Waals surface area contributed by atoms with Gasteiger partial charge in [0.2, 0.25) is 5.91 Å². The summed E-state index contributed by atoms with van der Waals surface area (Å²) in [6.45, 7) is 0.0705. The highest BCUT2D eigenvalue weighted by Gasteiger charge is 2.35. The molecule has 2 N–H and O–H groups in total. The first-order valence-corrected chi connectivity index (χ1v) is 9.54. The first-order chi connectivity index (χ1) is 12.3.